The molecule has 3 aromatic heterocycles. The lowest BCUT2D eigenvalue weighted by Crippen LogP contribution is -2.49. The first-order valence-corrected chi connectivity index (χ1v) is 11.7. The van der Waals surface area contributed by atoms with Gasteiger partial charge in [0.2, 0.25) is 0 Å². The number of carbonyl (C=O) groups excluding carboxylic acids is 2. The van der Waals surface area contributed by atoms with Gasteiger partial charge in [-0.3, -0.25) is 9.59 Å². The number of rotatable bonds is 4. The molecule has 1 aliphatic rings. The Morgan fingerprint density at radius 2 is 2.06 bits per heavy atom. The van der Waals surface area contributed by atoms with Gasteiger partial charge in [-0.05, 0) is 24.3 Å². The quantitative estimate of drug-likeness (QED) is 0.487. The summed E-state index contributed by atoms with van der Waals surface area (Å²) in [6.07, 6.45) is -0.493. The van der Waals surface area contributed by atoms with E-state index < -0.39 is 6.10 Å². The second-order valence-electron chi connectivity index (χ2n) is 7.68. The van der Waals surface area contributed by atoms with E-state index in [0.717, 1.165) is 14.7 Å². The van der Waals surface area contributed by atoms with E-state index in [1.165, 1.54) is 22.7 Å². The summed E-state index contributed by atoms with van der Waals surface area (Å²) >= 11 is 2.87. The number of morpholine rings is 1. The number of nitrogens with one attached hydrogen (secondary N) is 1. The molecule has 1 aliphatic heterocycles. The van der Waals surface area contributed by atoms with Crippen LogP contribution < -0.4 is 10.2 Å². The second-order valence-corrected chi connectivity index (χ2v) is 9.72. The first-order chi connectivity index (χ1) is 15.4. The maximum absolute atomic E-state index is 12.8. The van der Waals surface area contributed by atoms with Crippen LogP contribution in [0.25, 0.3) is 20.6 Å². The predicted octanol–water partition coefficient (Wildman–Crippen LogP) is 3.35. The number of ether oxygens (including phenoxy) is 1. The van der Waals surface area contributed by atoms with Crippen LogP contribution in [0.3, 0.4) is 0 Å². The van der Waals surface area contributed by atoms with E-state index in [1.54, 1.807) is 44.1 Å². The highest BCUT2D eigenvalue weighted by Gasteiger charge is 2.29. The number of likely N-dealkylation sites (N-methyl/N-ethyl adjacent to an activating group) is 1. The number of benzene rings is 1. The number of aromatic nitrogens is 2. The number of aryl methyl sites for hydroxylation is 1. The van der Waals surface area contributed by atoms with Crippen molar-refractivity contribution in [1.29, 1.82) is 0 Å². The number of thiophene rings is 1. The van der Waals surface area contributed by atoms with E-state index in [4.69, 9.17) is 14.1 Å². The average molecular weight is 472 g/mol. The molecule has 9 nitrogen and oxygen atoms in total. The maximum atomic E-state index is 12.8. The SMILES string of the molecule is Cc1nc2cc(NC(=O)c3cc4sc(N5CCOC(C(=O)N(C)C)C5)nc4s3)ccc2o1. The molecule has 0 bridgehead atoms. The van der Waals surface area contributed by atoms with Crippen LogP contribution in [0, 0.1) is 6.92 Å². The molecule has 1 saturated heterocycles. The van der Waals surface area contributed by atoms with Crippen LogP contribution >= 0.6 is 22.7 Å². The summed E-state index contributed by atoms with van der Waals surface area (Å²) < 4.78 is 12.0. The largest absolute Gasteiger partial charge is 0.441 e. The van der Waals surface area contributed by atoms with E-state index >= 15 is 0 Å². The highest BCUT2D eigenvalue weighted by atomic mass is 32.1. The van der Waals surface area contributed by atoms with Crippen molar-refractivity contribution in [1.82, 2.24) is 14.9 Å². The molecule has 2 amide bonds. The molecule has 1 unspecified atom stereocenters. The molecule has 5 rings (SSSR count). The van der Waals surface area contributed by atoms with Crippen molar-refractivity contribution in [3.05, 3.63) is 35.0 Å². The zero-order valence-corrected chi connectivity index (χ0v) is 19.4. The van der Waals surface area contributed by atoms with Crippen LogP contribution in [0.1, 0.15) is 15.6 Å². The Bertz CT molecular complexity index is 1290. The first-order valence-electron chi connectivity index (χ1n) is 10.0. The fourth-order valence-electron chi connectivity index (χ4n) is 3.54. The number of hydrogen-bond acceptors (Lipinski definition) is 9. The minimum atomic E-state index is -0.493. The van der Waals surface area contributed by atoms with Gasteiger partial charge in [0.05, 0.1) is 22.7 Å². The van der Waals surface area contributed by atoms with Crippen LogP contribution in [-0.4, -0.2) is 66.6 Å². The Morgan fingerprint density at radius 3 is 2.84 bits per heavy atom. The number of anilines is 2. The van der Waals surface area contributed by atoms with Gasteiger partial charge in [-0.25, -0.2) is 9.97 Å². The normalized spacial score (nSPS) is 16.6. The highest BCUT2D eigenvalue weighted by Crippen LogP contribution is 2.35. The maximum Gasteiger partial charge on any atom is 0.265 e. The summed E-state index contributed by atoms with van der Waals surface area (Å²) in [7, 11) is 3.45. The Morgan fingerprint density at radius 1 is 1.22 bits per heavy atom. The Kier molecular flexibility index (Phi) is 5.31. The molecule has 1 aromatic carbocycles. The molecule has 1 atom stereocenters. The Balaban J connectivity index is 1.30. The van der Waals surface area contributed by atoms with Crippen molar-refractivity contribution in [3.8, 4) is 0 Å². The van der Waals surface area contributed by atoms with Crippen LogP contribution in [-0.2, 0) is 9.53 Å². The second kappa shape index (κ2) is 8.15. The minimum absolute atomic E-state index is 0.0500. The average Bonchev–Trinajstić information content (AvgIpc) is 3.45. The number of hydrogen-bond donors (Lipinski definition) is 1. The molecule has 1 fully saturated rings. The lowest BCUT2D eigenvalue weighted by atomic mass is 10.2. The highest BCUT2D eigenvalue weighted by molar-refractivity contribution is 7.29. The van der Waals surface area contributed by atoms with Crippen molar-refractivity contribution >= 4 is 65.9 Å². The lowest BCUT2D eigenvalue weighted by Gasteiger charge is -2.33. The van der Waals surface area contributed by atoms with E-state index in [9.17, 15) is 9.59 Å². The molecular formula is C21H21N5O4S2. The third kappa shape index (κ3) is 3.94. The van der Waals surface area contributed by atoms with E-state index in [1.807, 2.05) is 6.07 Å². The van der Waals surface area contributed by atoms with E-state index in [2.05, 4.69) is 15.2 Å². The van der Waals surface area contributed by atoms with Gasteiger partial charge < -0.3 is 24.3 Å². The summed E-state index contributed by atoms with van der Waals surface area (Å²) in [5, 5.41) is 3.75. The van der Waals surface area contributed by atoms with Gasteiger partial charge in [0.25, 0.3) is 11.8 Å². The zero-order valence-electron chi connectivity index (χ0n) is 17.7. The number of nitrogens with zero attached hydrogens (tertiary/aromatic N) is 4. The molecule has 11 heteroatoms. The number of fused-ring (bicyclic) bond motifs is 2. The molecule has 0 spiro atoms. The zero-order chi connectivity index (χ0) is 22.4. The van der Waals surface area contributed by atoms with Gasteiger partial charge in [-0.1, -0.05) is 11.3 Å². The fourth-order valence-corrected chi connectivity index (χ4v) is 5.69. The first kappa shape index (κ1) is 20.9. The van der Waals surface area contributed by atoms with Crippen LogP contribution in [0.2, 0.25) is 0 Å². The van der Waals surface area contributed by atoms with Crippen molar-refractivity contribution in [2.45, 2.75) is 13.0 Å². The summed E-state index contributed by atoms with van der Waals surface area (Å²) in [6.45, 7) is 3.40. The van der Waals surface area contributed by atoms with E-state index in [0.29, 0.717) is 47.3 Å². The number of carbonyl (C=O) groups is 2. The summed E-state index contributed by atoms with van der Waals surface area (Å²) in [5.74, 6) is 0.344. The van der Waals surface area contributed by atoms with Gasteiger partial charge in [0, 0.05) is 33.3 Å². The lowest BCUT2D eigenvalue weighted by molar-refractivity contribution is -0.141. The fraction of sp³-hybridized carbons (Fsp3) is 0.333. The predicted molar refractivity (Wildman–Crippen MR) is 125 cm³/mol. The van der Waals surface area contributed by atoms with Gasteiger partial charge in [-0.2, -0.15) is 0 Å². The smallest absolute Gasteiger partial charge is 0.265 e. The molecule has 0 aliphatic carbocycles. The molecule has 0 saturated carbocycles. The Labute approximate surface area is 191 Å². The van der Waals surface area contributed by atoms with Gasteiger partial charge in [0.1, 0.15) is 10.3 Å². The number of thiazole rings is 1. The van der Waals surface area contributed by atoms with Crippen molar-refractivity contribution in [2.24, 2.45) is 0 Å². The van der Waals surface area contributed by atoms with Crippen molar-refractivity contribution in [2.75, 3.05) is 44.0 Å². The van der Waals surface area contributed by atoms with Gasteiger partial charge in [-0.15, -0.1) is 11.3 Å². The van der Waals surface area contributed by atoms with Crippen LogP contribution in [0.4, 0.5) is 10.8 Å². The summed E-state index contributed by atoms with van der Waals surface area (Å²) in [5.41, 5.74) is 2.05. The third-order valence-electron chi connectivity index (χ3n) is 5.11. The topological polar surface area (TPSA) is 101 Å². The van der Waals surface area contributed by atoms with E-state index in [-0.39, 0.29) is 11.8 Å². The molecule has 1 N–H and O–H groups in total. The number of oxazole rings is 1. The van der Waals surface area contributed by atoms with Crippen LogP contribution in [0.15, 0.2) is 28.7 Å². The molecule has 32 heavy (non-hydrogen) atoms. The Hall–Kier alpha value is -3.02. The standard InChI is InChI=1S/C21H21N5O4S2/c1-11-22-13-8-12(4-5-14(13)30-11)23-18(27)16-9-17-19(31-16)24-21(32-17)26-6-7-29-15(10-26)20(28)25(2)3/h4-5,8-9,15H,6-7,10H2,1-3H3,(H,23,27). The number of amides is 2. The summed E-state index contributed by atoms with van der Waals surface area (Å²) in [4.78, 5) is 39.0. The van der Waals surface area contributed by atoms with Crippen molar-refractivity contribution < 1.29 is 18.7 Å². The third-order valence-corrected chi connectivity index (χ3v) is 7.33. The van der Waals surface area contributed by atoms with Gasteiger partial charge in [0.15, 0.2) is 22.7 Å². The molecule has 4 heterocycles. The molecule has 0 radical (unpaired) electrons. The molecular weight excluding hydrogens is 450 g/mol. The molecule has 4 aromatic rings. The van der Waals surface area contributed by atoms with Crippen LogP contribution in [0.5, 0.6) is 0 Å². The monoisotopic (exact) mass is 471 g/mol. The van der Waals surface area contributed by atoms with Gasteiger partial charge >= 0.3 is 0 Å². The summed E-state index contributed by atoms with van der Waals surface area (Å²) in [6, 6.07) is 7.24. The minimum Gasteiger partial charge on any atom is -0.441 e. The van der Waals surface area contributed by atoms with Crippen molar-refractivity contribution in [3.63, 3.8) is 0 Å². The molecule has 166 valence electrons.